The highest BCUT2D eigenvalue weighted by molar-refractivity contribution is 6.06. The molecule has 2 aromatic carbocycles. The molecule has 3 rings (SSSR count). The molecule has 0 N–H and O–H groups in total. The number of hydrogen-bond donors (Lipinski definition) is 0. The topological polar surface area (TPSA) is 29.5 Å². The summed E-state index contributed by atoms with van der Waals surface area (Å²) >= 11 is 0. The quantitative estimate of drug-likeness (QED) is 0.823. The maximum Gasteiger partial charge on any atom is 0.238 e. The Morgan fingerprint density at radius 1 is 1.00 bits per heavy atom. The van der Waals surface area contributed by atoms with Gasteiger partial charge in [-0.1, -0.05) is 36.4 Å². The smallest absolute Gasteiger partial charge is 0.238 e. The molecular weight excluding hydrogens is 238 g/mol. The number of rotatable bonds is 2. The second kappa shape index (κ2) is 4.43. The molecule has 1 atom stereocenters. The summed E-state index contributed by atoms with van der Waals surface area (Å²) in [6.45, 7) is 0. The van der Waals surface area contributed by atoms with Crippen molar-refractivity contribution in [1.82, 2.24) is 0 Å². The van der Waals surface area contributed by atoms with Gasteiger partial charge in [0.25, 0.3) is 0 Å². The van der Waals surface area contributed by atoms with E-state index in [9.17, 15) is 4.79 Å². The lowest BCUT2D eigenvalue weighted by Gasteiger charge is -2.14. The average Bonchev–Trinajstić information content (AvgIpc) is 2.71. The van der Waals surface area contributed by atoms with Crippen LogP contribution >= 0.6 is 0 Å². The van der Waals surface area contributed by atoms with Crippen LogP contribution in [-0.4, -0.2) is 20.1 Å². The van der Waals surface area contributed by atoms with E-state index in [1.54, 1.807) is 12.0 Å². The molecule has 0 fully saturated rings. The molecule has 0 spiro atoms. The van der Waals surface area contributed by atoms with Crippen LogP contribution in [0, 0.1) is 0 Å². The van der Waals surface area contributed by atoms with E-state index in [2.05, 4.69) is 0 Å². The zero-order valence-electron chi connectivity index (χ0n) is 11.0. The fourth-order valence-electron chi connectivity index (χ4n) is 2.69. The molecule has 19 heavy (non-hydrogen) atoms. The zero-order chi connectivity index (χ0) is 13.4. The Bertz CT molecular complexity index is 636. The number of amides is 1. The molecular formula is C16H15NO2. The Hall–Kier alpha value is -2.29. The monoisotopic (exact) mass is 253 g/mol. The number of hydrogen-bond acceptors (Lipinski definition) is 2. The minimum atomic E-state index is -0.266. The van der Waals surface area contributed by atoms with Crippen LogP contribution in [-0.2, 0) is 4.79 Å². The molecule has 2 aromatic rings. The van der Waals surface area contributed by atoms with Gasteiger partial charge < -0.3 is 9.64 Å². The van der Waals surface area contributed by atoms with Crippen molar-refractivity contribution in [2.75, 3.05) is 19.1 Å². The van der Waals surface area contributed by atoms with Gasteiger partial charge in [0.15, 0.2) is 0 Å². The van der Waals surface area contributed by atoms with Crippen molar-refractivity contribution in [2.24, 2.45) is 0 Å². The molecule has 1 amide bonds. The molecule has 0 saturated carbocycles. The number of benzene rings is 2. The van der Waals surface area contributed by atoms with Crippen molar-refractivity contribution in [3.63, 3.8) is 0 Å². The molecule has 0 aliphatic carbocycles. The van der Waals surface area contributed by atoms with Gasteiger partial charge in [0.05, 0.1) is 13.0 Å². The van der Waals surface area contributed by atoms with Gasteiger partial charge >= 0.3 is 0 Å². The number of methoxy groups -OCH3 is 1. The molecule has 3 nitrogen and oxygen atoms in total. The Labute approximate surface area is 112 Å². The second-order valence-electron chi connectivity index (χ2n) is 4.63. The first-order chi connectivity index (χ1) is 9.24. The second-order valence-corrected chi connectivity index (χ2v) is 4.63. The molecule has 0 aromatic heterocycles. The molecule has 1 unspecified atom stereocenters. The normalized spacial score (nSPS) is 17.5. The van der Waals surface area contributed by atoms with Gasteiger partial charge in [-0.15, -0.1) is 0 Å². The third-order valence-corrected chi connectivity index (χ3v) is 3.64. The lowest BCUT2D eigenvalue weighted by Crippen LogP contribution is -2.24. The maximum absolute atomic E-state index is 12.5. The van der Waals surface area contributed by atoms with Gasteiger partial charge in [-0.05, 0) is 17.7 Å². The third-order valence-electron chi connectivity index (χ3n) is 3.64. The fraction of sp³-hybridized carbons (Fsp3) is 0.188. The third kappa shape index (κ3) is 1.70. The zero-order valence-corrected chi connectivity index (χ0v) is 11.0. The van der Waals surface area contributed by atoms with Crippen molar-refractivity contribution >= 4 is 11.6 Å². The van der Waals surface area contributed by atoms with Crippen LogP contribution < -0.4 is 9.64 Å². The van der Waals surface area contributed by atoms with Crippen molar-refractivity contribution in [3.8, 4) is 5.75 Å². The van der Waals surface area contributed by atoms with Crippen LogP contribution in [0.3, 0.4) is 0 Å². The van der Waals surface area contributed by atoms with E-state index in [4.69, 9.17) is 4.74 Å². The minimum Gasteiger partial charge on any atom is -0.496 e. The summed E-state index contributed by atoms with van der Waals surface area (Å²) in [5.74, 6) is 0.578. The minimum absolute atomic E-state index is 0.0886. The van der Waals surface area contributed by atoms with Crippen LogP contribution in [0.2, 0.25) is 0 Å². The number of para-hydroxylation sites is 2. The van der Waals surface area contributed by atoms with E-state index in [1.807, 2.05) is 55.6 Å². The van der Waals surface area contributed by atoms with E-state index >= 15 is 0 Å². The van der Waals surface area contributed by atoms with E-state index in [-0.39, 0.29) is 11.8 Å². The Kier molecular flexibility index (Phi) is 2.75. The lowest BCUT2D eigenvalue weighted by molar-refractivity contribution is -0.118. The van der Waals surface area contributed by atoms with Crippen LogP contribution in [0.4, 0.5) is 5.69 Å². The highest BCUT2D eigenvalue weighted by Gasteiger charge is 2.37. The van der Waals surface area contributed by atoms with Gasteiger partial charge in [-0.25, -0.2) is 0 Å². The highest BCUT2D eigenvalue weighted by atomic mass is 16.5. The molecule has 1 aliphatic heterocycles. The number of anilines is 1. The number of nitrogens with zero attached hydrogens (tertiary/aromatic N) is 1. The number of fused-ring (bicyclic) bond motifs is 1. The molecule has 1 aliphatic rings. The molecule has 96 valence electrons. The van der Waals surface area contributed by atoms with E-state index in [1.165, 1.54) is 0 Å². The lowest BCUT2D eigenvalue weighted by atomic mass is 9.92. The highest BCUT2D eigenvalue weighted by Crippen LogP contribution is 2.42. The summed E-state index contributed by atoms with van der Waals surface area (Å²) in [6.07, 6.45) is 0. The van der Waals surface area contributed by atoms with Gasteiger partial charge in [0.1, 0.15) is 5.75 Å². The van der Waals surface area contributed by atoms with E-state index in [0.29, 0.717) is 0 Å². The largest absolute Gasteiger partial charge is 0.496 e. The number of carbonyl (C=O) groups excluding carboxylic acids is 1. The SMILES string of the molecule is COc1ccccc1C1C(=O)N(C)c2ccccc21. The van der Waals surface area contributed by atoms with Crippen LogP contribution in [0.5, 0.6) is 5.75 Å². The first-order valence-corrected chi connectivity index (χ1v) is 6.23. The number of carbonyl (C=O) groups is 1. The summed E-state index contributed by atoms with van der Waals surface area (Å²) in [4.78, 5) is 14.2. The number of ether oxygens (including phenoxy) is 1. The van der Waals surface area contributed by atoms with Crippen molar-refractivity contribution in [3.05, 3.63) is 59.7 Å². The summed E-state index contributed by atoms with van der Waals surface area (Å²) < 4.78 is 5.39. The van der Waals surface area contributed by atoms with Gasteiger partial charge in [-0.2, -0.15) is 0 Å². The summed E-state index contributed by atoms with van der Waals surface area (Å²) in [5.41, 5.74) is 2.94. The first kappa shape index (κ1) is 11.8. The van der Waals surface area contributed by atoms with E-state index in [0.717, 1.165) is 22.6 Å². The van der Waals surface area contributed by atoms with Gasteiger partial charge in [0.2, 0.25) is 5.91 Å². The van der Waals surface area contributed by atoms with Gasteiger partial charge in [0, 0.05) is 18.3 Å². The Morgan fingerprint density at radius 2 is 1.63 bits per heavy atom. The molecule has 0 saturated heterocycles. The fourth-order valence-corrected chi connectivity index (χ4v) is 2.69. The van der Waals surface area contributed by atoms with Crippen LogP contribution in [0.25, 0.3) is 0 Å². The van der Waals surface area contributed by atoms with Crippen molar-refractivity contribution < 1.29 is 9.53 Å². The van der Waals surface area contributed by atoms with E-state index < -0.39 is 0 Å². The van der Waals surface area contributed by atoms with Crippen LogP contribution in [0.1, 0.15) is 17.0 Å². The molecule has 3 heteroatoms. The summed E-state index contributed by atoms with van der Waals surface area (Å²) in [7, 11) is 3.45. The van der Waals surface area contributed by atoms with Gasteiger partial charge in [-0.3, -0.25) is 4.79 Å². The number of likely N-dealkylation sites (N-methyl/N-ethyl adjacent to an activating group) is 1. The van der Waals surface area contributed by atoms with Crippen LogP contribution in [0.15, 0.2) is 48.5 Å². The standard InChI is InChI=1S/C16H15NO2/c1-17-13-9-5-3-7-11(13)15(16(17)18)12-8-4-6-10-14(12)19-2/h3-10,15H,1-2H3. The Morgan fingerprint density at radius 3 is 2.37 bits per heavy atom. The Balaban J connectivity index is 2.18. The van der Waals surface area contributed by atoms with Crippen molar-refractivity contribution in [2.45, 2.75) is 5.92 Å². The predicted octanol–water partition coefficient (Wildman–Crippen LogP) is 2.80. The summed E-state index contributed by atoms with van der Waals surface area (Å²) in [6, 6.07) is 15.6. The average molecular weight is 253 g/mol. The predicted molar refractivity (Wildman–Crippen MR) is 74.7 cm³/mol. The van der Waals surface area contributed by atoms with Crippen molar-refractivity contribution in [1.29, 1.82) is 0 Å². The maximum atomic E-state index is 12.5. The molecule has 0 radical (unpaired) electrons. The summed E-state index contributed by atoms with van der Waals surface area (Å²) in [5, 5.41) is 0. The first-order valence-electron chi connectivity index (χ1n) is 6.23. The molecule has 1 heterocycles. The molecule has 0 bridgehead atoms.